The lowest BCUT2D eigenvalue weighted by atomic mass is 10.0. The summed E-state index contributed by atoms with van der Waals surface area (Å²) < 4.78 is 0. The number of anilines is 5. The predicted molar refractivity (Wildman–Crippen MR) is 138 cm³/mol. The molecule has 0 amide bonds. The van der Waals surface area contributed by atoms with Crippen molar-refractivity contribution in [3.05, 3.63) is 64.3 Å². The highest BCUT2D eigenvalue weighted by molar-refractivity contribution is 6.05. The van der Waals surface area contributed by atoms with E-state index in [4.69, 9.17) is 4.98 Å². The summed E-state index contributed by atoms with van der Waals surface area (Å²) in [4.78, 5) is 26.5. The molecule has 0 radical (unpaired) electrons. The molecule has 0 spiro atoms. The minimum atomic E-state index is 0.190. The predicted octanol–water partition coefficient (Wildman–Crippen LogP) is 4.77. The first-order valence-corrected chi connectivity index (χ1v) is 12.0. The molecular weight excluding hydrogens is 424 g/mol. The zero-order valence-electron chi connectivity index (χ0n) is 20.4. The van der Waals surface area contributed by atoms with Gasteiger partial charge >= 0.3 is 0 Å². The number of benzene rings is 2. The van der Waals surface area contributed by atoms with Crippen LogP contribution in [0.4, 0.5) is 28.8 Å². The van der Waals surface area contributed by atoms with E-state index in [0.717, 1.165) is 60.7 Å². The maximum atomic E-state index is 12.4. The molecule has 3 aromatic rings. The number of nitrogens with zero attached hydrogens (tertiary/aromatic N) is 4. The lowest BCUT2D eigenvalue weighted by molar-refractivity contribution is 0.0995. The Morgan fingerprint density at radius 2 is 1.68 bits per heavy atom. The summed E-state index contributed by atoms with van der Waals surface area (Å²) in [5, 5.41) is 6.80. The minimum Gasteiger partial charge on any atom is -0.369 e. The second-order valence-electron chi connectivity index (χ2n) is 9.41. The number of nitrogens with one attached hydrogen (secondary N) is 2. The fraction of sp³-hybridized carbons (Fsp3) is 0.370. The highest BCUT2D eigenvalue weighted by Crippen LogP contribution is 2.33. The smallest absolute Gasteiger partial charge is 0.229 e. The summed E-state index contributed by atoms with van der Waals surface area (Å²) in [5.74, 6) is 1.42. The third kappa shape index (κ3) is 4.23. The SMILES string of the molecule is Cc1cnc(Nc2ccc(N3CCN(C)CC3)c(C)c2C)nc1Nc1cccc2c1C(=O)CC2. The van der Waals surface area contributed by atoms with Gasteiger partial charge in [-0.1, -0.05) is 12.1 Å². The highest BCUT2D eigenvalue weighted by Gasteiger charge is 2.23. The van der Waals surface area contributed by atoms with Gasteiger partial charge in [-0.2, -0.15) is 4.98 Å². The summed E-state index contributed by atoms with van der Waals surface area (Å²) in [6.07, 6.45) is 3.19. The molecule has 0 atom stereocenters. The van der Waals surface area contributed by atoms with Crippen LogP contribution in [-0.4, -0.2) is 53.9 Å². The fourth-order valence-electron chi connectivity index (χ4n) is 4.82. The van der Waals surface area contributed by atoms with Crippen LogP contribution in [0.5, 0.6) is 0 Å². The number of carbonyl (C=O) groups is 1. The molecule has 1 aliphatic heterocycles. The van der Waals surface area contributed by atoms with E-state index >= 15 is 0 Å². The average molecular weight is 457 g/mol. The maximum Gasteiger partial charge on any atom is 0.229 e. The number of likely N-dealkylation sites (N-methyl/N-ethyl adjacent to an activating group) is 1. The van der Waals surface area contributed by atoms with Gasteiger partial charge in [0, 0.05) is 61.3 Å². The van der Waals surface area contributed by atoms with Crippen molar-refractivity contribution in [2.24, 2.45) is 0 Å². The summed E-state index contributed by atoms with van der Waals surface area (Å²) in [5.41, 5.74) is 8.41. The molecule has 7 heteroatoms. The number of aromatic nitrogens is 2. The number of ketones is 1. The Morgan fingerprint density at radius 3 is 2.47 bits per heavy atom. The van der Waals surface area contributed by atoms with Gasteiger partial charge in [-0.05, 0) is 69.1 Å². The van der Waals surface area contributed by atoms with Crippen LogP contribution in [0.1, 0.15) is 39.0 Å². The number of hydrogen-bond donors (Lipinski definition) is 2. The van der Waals surface area contributed by atoms with Crippen LogP contribution in [0, 0.1) is 20.8 Å². The van der Waals surface area contributed by atoms with Gasteiger partial charge in [0.05, 0.1) is 5.69 Å². The first-order valence-electron chi connectivity index (χ1n) is 12.0. The van der Waals surface area contributed by atoms with Crippen molar-refractivity contribution in [1.82, 2.24) is 14.9 Å². The van der Waals surface area contributed by atoms with E-state index in [1.54, 1.807) is 0 Å². The zero-order chi connectivity index (χ0) is 23.8. The van der Waals surface area contributed by atoms with Crippen LogP contribution in [0.2, 0.25) is 0 Å². The van der Waals surface area contributed by atoms with E-state index in [1.807, 2.05) is 31.3 Å². The summed E-state index contributed by atoms with van der Waals surface area (Å²) >= 11 is 0. The third-order valence-electron chi connectivity index (χ3n) is 7.12. The highest BCUT2D eigenvalue weighted by atomic mass is 16.1. The van der Waals surface area contributed by atoms with Crippen molar-refractivity contribution in [1.29, 1.82) is 0 Å². The first-order chi connectivity index (χ1) is 16.4. The molecule has 2 aromatic carbocycles. The Hall–Kier alpha value is -3.45. The topological polar surface area (TPSA) is 73.4 Å². The quantitative estimate of drug-likeness (QED) is 0.573. The standard InChI is InChI=1S/C27H32N6O/c1-17-16-28-27(31-26(17)29-22-7-5-6-20-8-11-24(34)25(20)22)30-21-9-10-23(19(3)18(21)2)33-14-12-32(4)13-15-33/h5-7,9-10,16H,8,11-15H2,1-4H3,(H2,28,29,30,31). The fourth-order valence-corrected chi connectivity index (χ4v) is 4.82. The van der Waals surface area contributed by atoms with Crippen LogP contribution in [0.25, 0.3) is 0 Å². The molecule has 0 bridgehead atoms. The number of piperazine rings is 1. The summed E-state index contributed by atoms with van der Waals surface area (Å²) in [6.45, 7) is 10.6. The van der Waals surface area contributed by atoms with Crippen LogP contribution in [-0.2, 0) is 6.42 Å². The van der Waals surface area contributed by atoms with Crippen LogP contribution >= 0.6 is 0 Å². The van der Waals surface area contributed by atoms with E-state index in [-0.39, 0.29) is 5.78 Å². The summed E-state index contributed by atoms with van der Waals surface area (Å²) in [7, 11) is 2.18. The molecule has 1 saturated heterocycles. The molecule has 2 aliphatic rings. The van der Waals surface area contributed by atoms with E-state index < -0.39 is 0 Å². The number of rotatable bonds is 5. The molecule has 34 heavy (non-hydrogen) atoms. The zero-order valence-corrected chi connectivity index (χ0v) is 20.4. The normalized spacial score (nSPS) is 16.0. The van der Waals surface area contributed by atoms with E-state index in [0.29, 0.717) is 18.2 Å². The second-order valence-corrected chi connectivity index (χ2v) is 9.41. The lowest BCUT2D eigenvalue weighted by Crippen LogP contribution is -2.44. The van der Waals surface area contributed by atoms with Crippen LogP contribution in [0.15, 0.2) is 36.5 Å². The monoisotopic (exact) mass is 456 g/mol. The Balaban J connectivity index is 1.38. The molecule has 1 fully saturated rings. The van der Waals surface area contributed by atoms with Gasteiger partial charge in [0.1, 0.15) is 5.82 Å². The van der Waals surface area contributed by atoms with Crippen molar-refractivity contribution >= 4 is 34.6 Å². The van der Waals surface area contributed by atoms with Crippen molar-refractivity contribution < 1.29 is 4.79 Å². The van der Waals surface area contributed by atoms with Gasteiger partial charge in [0.15, 0.2) is 5.78 Å². The van der Waals surface area contributed by atoms with Gasteiger partial charge in [-0.25, -0.2) is 4.98 Å². The third-order valence-corrected chi connectivity index (χ3v) is 7.12. The Kier molecular flexibility index (Phi) is 5.96. The number of aryl methyl sites for hydroxylation is 2. The number of fused-ring (bicyclic) bond motifs is 1. The molecule has 1 aromatic heterocycles. The molecule has 0 unspecified atom stereocenters. The maximum absolute atomic E-state index is 12.4. The molecule has 5 rings (SSSR count). The van der Waals surface area contributed by atoms with Gasteiger partial charge < -0.3 is 20.4 Å². The van der Waals surface area contributed by atoms with Crippen molar-refractivity contribution in [2.45, 2.75) is 33.6 Å². The van der Waals surface area contributed by atoms with Gasteiger partial charge in [0.2, 0.25) is 5.95 Å². The van der Waals surface area contributed by atoms with Crippen LogP contribution < -0.4 is 15.5 Å². The largest absolute Gasteiger partial charge is 0.369 e. The van der Waals surface area contributed by atoms with Crippen LogP contribution in [0.3, 0.4) is 0 Å². The van der Waals surface area contributed by atoms with Gasteiger partial charge in [-0.15, -0.1) is 0 Å². The van der Waals surface area contributed by atoms with Crippen molar-refractivity contribution in [2.75, 3.05) is 48.8 Å². The van der Waals surface area contributed by atoms with E-state index in [1.165, 1.54) is 16.8 Å². The van der Waals surface area contributed by atoms with Crippen molar-refractivity contribution in [3.63, 3.8) is 0 Å². The van der Waals surface area contributed by atoms with Gasteiger partial charge in [-0.3, -0.25) is 4.79 Å². The Bertz CT molecular complexity index is 1250. The van der Waals surface area contributed by atoms with Crippen molar-refractivity contribution in [3.8, 4) is 0 Å². The summed E-state index contributed by atoms with van der Waals surface area (Å²) in [6, 6.07) is 10.3. The average Bonchev–Trinajstić information content (AvgIpc) is 3.22. The first kappa shape index (κ1) is 22.3. The molecular formula is C27H32N6O. The Morgan fingerprint density at radius 1 is 0.882 bits per heavy atom. The molecule has 2 heterocycles. The molecule has 7 nitrogen and oxygen atoms in total. The number of hydrogen-bond acceptors (Lipinski definition) is 7. The second kappa shape index (κ2) is 9.06. The lowest BCUT2D eigenvalue weighted by Gasteiger charge is -2.35. The molecule has 2 N–H and O–H groups in total. The number of Topliss-reactive ketones (excluding diaryl/α,β-unsaturated/α-hetero) is 1. The number of carbonyl (C=O) groups excluding carboxylic acids is 1. The van der Waals surface area contributed by atoms with Gasteiger partial charge in [0.25, 0.3) is 0 Å². The molecule has 176 valence electrons. The Labute approximate surface area is 201 Å². The molecule has 1 aliphatic carbocycles. The minimum absolute atomic E-state index is 0.190. The van der Waals surface area contributed by atoms with E-state index in [2.05, 4.69) is 58.4 Å². The van der Waals surface area contributed by atoms with E-state index in [9.17, 15) is 4.79 Å². The molecule has 0 saturated carbocycles.